The van der Waals surface area contributed by atoms with Gasteiger partial charge in [0.15, 0.2) is 0 Å². The van der Waals surface area contributed by atoms with Crippen LogP contribution in [0.15, 0.2) is 0 Å². The van der Waals surface area contributed by atoms with Crippen molar-refractivity contribution in [3.8, 4) is 0 Å². The van der Waals surface area contributed by atoms with Gasteiger partial charge in [-0.1, -0.05) is 0 Å². The van der Waals surface area contributed by atoms with E-state index in [1.807, 2.05) is 0 Å². The van der Waals surface area contributed by atoms with Gasteiger partial charge < -0.3 is 9.64 Å². The second kappa shape index (κ2) is 6.30. The Morgan fingerprint density at radius 3 is 2.64 bits per heavy atom. The Balaban J connectivity index is 2.05. The highest BCUT2D eigenvalue weighted by atomic mass is 32.1. The lowest BCUT2D eigenvalue weighted by molar-refractivity contribution is -0.905. The van der Waals surface area contributed by atoms with E-state index in [-0.39, 0.29) is 11.2 Å². The number of quaternary nitrogens is 1. The van der Waals surface area contributed by atoms with E-state index in [4.69, 9.17) is 4.74 Å². The summed E-state index contributed by atoms with van der Waals surface area (Å²) in [6, 6.07) is 0. The van der Waals surface area contributed by atoms with Crippen LogP contribution in [0.5, 0.6) is 0 Å². The maximum atomic E-state index is 11.1. The highest BCUT2D eigenvalue weighted by Crippen LogP contribution is 1.96. The van der Waals surface area contributed by atoms with Gasteiger partial charge in [0.05, 0.1) is 18.3 Å². The van der Waals surface area contributed by atoms with Crippen molar-refractivity contribution >= 4 is 18.6 Å². The minimum atomic E-state index is -0.300. The molecule has 1 fully saturated rings. The van der Waals surface area contributed by atoms with Crippen molar-refractivity contribution in [1.82, 2.24) is 0 Å². The Bertz CT molecular complexity index is 179. The first-order valence-electron chi connectivity index (χ1n) is 5.38. The Morgan fingerprint density at radius 2 is 2.07 bits per heavy atom. The smallest absolute Gasteiger partial charge is 0.318 e. The first-order chi connectivity index (χ1) is 6.70. The second-order valence-electron chi connectivity index (χ2n) is 3.90. The van der Waals surface area contributed by atoms with Crippen molar-refractivity contribution in [3.63, 3.8) is 0 Å². The number of nitrogens with one attached hydrogen (secondary N) is 1. The first kappa shape index (κ1) is 11.9. The molecule has 1 N–H and O–H groups in total. The number of hydrogen-bond acceptors (Lipinski definition) is 3. The van der Waals surface area contributed by atoms with Gasteiger partial charge in [0.1, 0.15) is 13.2 Å². The highest BCUT2D eigenvalue weighted by Gasteiger charge is 2.14. The van der Waals surface area contributed by atoms with Crippen LogP contribution < -0.4 is 4.90 Å². The molecule has 14 heavy (non-hydrogen) atoms. The zero-order valence-electron chi connectivity index (χ0n) is 8.79. The van der Waals surface area contributed by atoms with Crippen molar-refractivity contribution in [3.05, 3.63) is 0 Å². The molecule has 0 aromatic carbocycles. The highest BCUT2D eigenvalue weighted by molar-refractivity contribution is 7.81. The maximum Gasteiger partial charge on any atom is 0.318 e. The van der Waals surface area contributed by atoms with Crippen molar-refractivity contribution in [1.29, 1.82) is 0 Å². The van der Waals surface area contributed by atoms with E-state index in [1.54, 1.807) is 11.8 Å². The van der Waals surface area contributed by atoms with Crippen molar-refractivity contribution in [2.45, 2.75) is 31.4 Å². The summed E-state index contributed by atoms with van der Waals surface area (Å²) in [5, 5.41) is -0.300. The van der Waals surface area contributed by atoms with E-state index in [1.165, 1.54) is 32.4 Å². The Labute approximate surface area is 91.2 Å². The van der Waals surface area contributed by atoms with Crippen LogP contribution in [-0.4, -0.2) is 37.5 Å². The first-order valence-corrected chi connectivity index (χ1v) is 5.90. The molecule has 1 atom stereocenters. The van der Waals surface area contributed by atoms with Gasteiger partial charge in [0.25, 0.3) is 0 Å². The molecule has 0 radical (unpaired) electrons. The molecule has 82 valence electrons. The van der Waals surface area contributed by atoms with E-state index < -0.39 is 0 Å². The number of ether oxygens (including phenoxy) is 1. The summed E-state index contributed by atoms with van der Waals surface area (Å²) in [5.74, 6) is -0.204. The maximum absolute atomic E-state index is 11.1. The molecule has 4 heteroatoms. The molecule has 1 saturated heterocycles. The third kappa shape index (κ3) is 4.33. The third-order valence-corrected chi connectivity index (χ3v) is 2.81. The molecule has 0 aliphatic carbocycles. The fourth-order valence-electron chi connectivity index (χ4n) is 1.72. The van der Waals surface area contributed by atoms with Crippen LogP contribution in [-0.2, 0) is 9.53 Å². The van der Waals surface area contributed by atoms with E-state index in [0.29, 0.717) is 6.61 Å². The van der Waals surface area contributed by atoms with Gasteiger partial charge in [-0.25, -0.2) is 0 Å². The second-order valence-corrected chi connectivity index (χ2v) is 4.68. The summed E-state index contributed by atoms with van der Waals surface area (Å²) in [4.78, 5) is 12.6. The minimum Gasteiger partial charge on any atom is -0.459 e. The number of piperidine rings is 1. The molecule has 0 aromatic heterocycles. The van der Waals surface area contributed by atoms with E-state index in [0.717, 1.165) is 6.54 Å². The fraction of sp³-hybridized carbons (Fsp3) is 0.900. The number of rotatable bonds is 4. The molecule has 1 aliphatic rings. The van der Waals surface area contributed by atoms with Crippen LogP contribution in [0.1, 0.15) is 26.2 Å². The lowest BCUT2D eigenvalue weighted by atomic mass is 10.1. The molecule has 1 rings (SSSR count). The molecule has 1 aliphatic heterocycles. The van der Waals surface area contributed by atoms with Crippen LogP contribution in [0.4, 0.5) is 0 Å². The molecule has 1 unspecified atom stereocenters. The Kier molecular flexibility index (Phi) is 5.33. The number of esters is 1. The summed E-state index contributed by atoms with van der Waals surface area (Å²) in [6.45, 7) is 5.69. The van der Waals surface area contributed by atoms with Crippen LogP contribution in [0.25, 0.3) is 0 Å². The standard InChI is InChI=1S/C10H19NO2S/c1-9(14)10(12)13-8-7-11-5-3-2-4-6-11/h9,14H,2-8H2,1H3/p+1. The van der Waals surface area contributed by atoms with Gasteiger partial charge in [-0.3, -0.25) is 4.79 Å². The third-order valence-electron chi connectivity index (χ3n) is 2.60. The average Bonchev–Trinajstić information content (AvgIpc) is 2.19. The number of likely N-dealkylation sites (tertiary alicyclic amines) is 1. The summed E-state index contributed by atoms with van der Waals surface area (Å²) in [6.07, 6.45) is 3.98. The van der Waals surface area contributed by atoms with Gasteiger partial charge in [-0.05, 0) is 26.2 Å². The largest absolute Gasteiger partial charge is 0.459 e. The zero-order chi connectivity index (χ0) is 10.4. The van der Waals surface area contributed by atoms with Crippen molar-refractivity contribution in [2.24, 2.45) is 0 Å². The number of thiol groups is 1. The van der Waals surface area contributed by atoms with Gasteiger partial charge in [0.2, 0.25) is 0 Å². The lowest BCUT2D eigenvalue weighted by Crippen LogP contribution is -3.13. The van der Waals surface area contributed by atoms with Crippen LogP contribution in [0.3, 0.4) is 0 Å². The Morgan fingerprint density at radius 1 is 1.43 bits per heavy atom. The molecular formula is C10H20NO2S+. The van der Waals surface area contributed by atoms with Crippen molar-refractivity contribution < 1.29 is 14.4 Å². The fourth-order valence-corrected chi connectivity index (χ4v) is 1.79. The topological polar surface area (TPSA) is 30.7 Å². The molecule has 0 aromatic rings. The molecule has 0 bridgehead atoms. The van der Waals surface area contributed by atoms with Crippen molar-refractivity contribution in [2.75, 3.05) is 26.2 Å². The predicted molar refractivity (Wildman–Crippen MR) is 58.8 cm³/mol. The summed E-state index contributed by atoms with van der Waals surface area (Å²) in [5.41, 5.74) is 0. The molecule has 1 heterocycles. The number of carbonyl (C=O) groups excluding carboxylic acids is 1. The molecule has 0 saturated carbocycles. The molecular weight excluding hydrogens is 198 g/mol. The molecule has 0 amide bonds. The van der Waals surface area contributed by atoms with Gasteiger partial charge in [0, 0.05) is 0 Å². The molecule has 0 spiro atoms. The van der Waals surface area contributed by atoms with Crippen LogP contribution in [0.2, 0.25) is 0 Å². The SMILES string of the molecule is CC(S)C(=O)OCC[NH+]1CCCCC1. The summed E-state index contributed by atoms with van der Waals surface area (Å²) in [7, 11) is 0. The monoisotopic (exact) mass is 218 g/mol. The average molecular weight is 218 g/mol. The predicted octanol–water partition coefficient (Wildman–Crippen LogP) is -0.0833. The molecule has 3 nitrogen and oxygen atoms in total. The van der Waals surface area contributed by atoms with Crippen LogP contribution in [0, 0.1) is 0 Å². The lowest BCUT2D eigenvalue weighted by Gasteiger charge is -2.23. The quantitative estimate of drug-likeness (QED) is 0.511. The normalized spacial score (nSPS) is 20.4. The van der Waals surface area contributed by atoms with Gasteiger partial charge in [-0.2, -0.15) is 12.6 Å². The minimum absolute atomic E-state index is 0.204. The van der Waals surface area contributed by atoms with Crippen LogP contribution >= 0.6 is 12.6 Å². The summed E-state index contributed by atoms with van der Waals surface area (Å²) < 4.78 is 5.07. The zero-order valence-corrected chi connectivity index (χ0v) is 9.69. The van der Waals surface area contributed by atoms with E-state index in [9.17, 15) is 4.79 Å². The number of carbonyl (C=O) groups is 1. The van der Waals surface area contributed by atoms with Gasteiger partial charge >= 0.3 is 5.97 Å². The summed E-state index contributed by atoms with van der Waals surface area (Å²) >= 11 is 4.01. The van der Waals surface area contributed by atoms with E-state index in [2.05, 4.69) is 12.6 Å². The number of hydrogen-bond donors (Lipinski definition) is 2. The Hall–Kier alpha value is -0.220. The van der Waals surface area contributed by atoms with Gasteiger partial charge in [-0.15, -0.1) is 0 Å². The van der Waals surface area contributed by atoms with E-state index >= 15 is 0 Å².